The Hall–Kier alpha value is -1.56. The van der Waals surface area contributed by atoms with Crippen LogP contribution in [0.5, 0.6) is 0 Å². The Kier molecular flexibility index (Phi) is 6.51. The third kappa shape index (κ3) is 4.85. The second-order valence-corrected chi connectivity index (χ2v) is 5.31. The van der Waals surface area contributed by atoms with Crippen LogP contribution in [-0.4, -0.2) is 35.1 Å². The van der Waals surface area contributed by atoms with Crippen LogP contribution in [0.2, 0.25) is 0 Å². The van der Waals surface area contributed by atoms with Crippen molar-refractivity contribution >= 4 is 33.6 Å². The smallest absolute Gasteiger partial charge is 0.335 e. The molecule has 0 aliphatic carbocycles. The minimum Gasteiger partial charge on any atom is -0.478 e. The van der Waals surface area contributed by atoms with Crippen molar-refractivity contribution in [1.29, 1.82) is 0 Å². The van der Waals surface area contributed by atoms with E-state index in [-0.39, 0.29) is 11.6 Å². The lowest BCUT2D eigenvalue weighted by molar-refractivity contribution is 0.0696. The minimum absolute atomic E-state index is 0.131. The Morgan fingerprint density at radius 2 is 2.00 bits per heavy atom. The number of carbonyl (C=O) groups is 2. The first kappa shape index (κ1) is 16.5. The third-order valence-corrected chi connectivity index (χ3v) is 3.30. The van der Waals surface area contributed by atoms with Crippen LogP contribution in [-0.2, 0) is 0 Å². The monoisotopic (exact) mass is 342 g/mol. The van der Waals surface area contributed by atoms with Gasteiger partial charge in [-0.25, -0.2) is 9.59 Å². The van der Waals surface area contributed by atoms with Gasteiger partial charge < -0.3 is 15.3 Å². The van der Waals surface area contributed by atoms with Crippen molar-refractivity contribution in [2.75, 3.05) is 18.4 Å². The van der Waals surface area contributed by atoms with Gasteiger partial charge >= 0.3 is 12.0 Å². The zero-order valence-corrected chi connectivity index (χ0v) is 13.2. The number of benzene rings is 1. The molecule has 0 aliphatic heterocycles. The molecule has 0 radical (unpaired) electrons. The van der Waals surface area contributed by atoms with E-state index in [2.05, 4.69) is 28.2 Å². The maximum absolute atomic E-state index is 12.1. The number of hydrogen-bond donors (Lipinski definition) is 2. The average Bonchev–Trinajstić information content (AvgIpc) is 2.38. The lowest BCUT2D eigenvalue weighted by atomic mass is 10.2. The summed E-state index contributed by atoms with van der Waals surface area (Å²) < 4.78 is 0.615. The maximum atomic E-state index is 12.1. The maximum Gasteiger partial charge on any atom is 0.335 e. The third-order valence-electron chi connectivity index (χ3n) is 2.85. The predicted octanol–water partition coefficient (Wildman–Crippen LogP) is 3.80. The molecule has 2 N–H and O–H groups in total. The van der Waals surface area contributed by atoms with Crippen LogP contribution < -0.4 is 5.32 Å². The highest BCUT2D eigenvalue weighted by Crippen LogP contribution is 2.20. The van der Waals surface area contributed by atoms with Gasteiger partial charge in [-0.2, -0.15) is 0 Å². The van der Waals surface area contributed by atoms with Crippen molar-refractivity contribution in [2.45, 2.75) is 26.7 Å². The van der Waals surface area contributed by atoms with Crippen LogP contribution >= 0.6 is 15.9 Å². The molecule has 0 bridgehead atoms. The van der Waals surface area contributed by atoms with Crippen molar-refractivity contribution < 1.29 is 14.7 Å². The number of carbonyl (C=O) groups excluding carboxylic acids is 1. The first-order valence-corrected chi connectivity index (χ1v) is 7.37. The zero-order chi connectivity index (χ0) is 15.1. The first-order chi connectivity index (χ1) is 9.47. The number of halogens is 1. The molecule has 110 valence electrons. The van der Waals surface area contributed by atoms with E-state index in [1.807, 2.05) is 6.92 Å². The van der Waals surface area contributed by atoms with Crippen molar-refractivity contribution in [3.8, 4) is 0 Å². The average molecular weight is 343 g/mol. The largest absolute Gasteiger partial charge is 0.478 e. The number of amides is 2. The Bertz CT molecular complexity index is 491. The molecule has 0 aromatic heterocycles. The highest BCUT2D eigenvalue weighted by molar-refractivity contribution is 9.10. The second kappa shape index (κ2) is 7.89. The number of aromatic carboxylic acids is 1. The molecule has 1 rings (SSSR count). The molecule has 6 heteroatoms. The van der Waals surface area contributed by atoms with E-state index in [4.69, 9.17) is 5.11 Å². The molecule has 0 saturated carbocycles. The normalized spacial score (nSPS) is 10.2. The number of urea groups is 1. The molecule has 0 unspecified atom stereocenters. The molecule has 0 atom stereocenters. The van der Waals surface area contributed by atoms with Gasteiger partial charge in [0.05, 0.1) is 5.56 Å². The number of unbranched alkanes of at least 4 members (excludes halogenated alkanes) is 1. The molecule has 0 aliphatic rings. The molecular formula is C14H19BrN2O3. The molecule has 0 saturated heterocycles. The van der Waals surface area contributed by atoms with Crippen molar-refractivity contribution in [2.24, 2.45) is 0 Å². The van der Waals surface area contributed by atoms with Crippen LogP contribution in [0.15, 0.2) is 22.7 Å². The Morgan fingerprint density at radius 3 is 2.55 bits per heavy atom. The van der Waals surface area contributed by atoms with E-state index in [9.17, 15) is 9.59 Å². The quantitative estimate of drug-likeness (QED) is 0.825. The van der Waals surface area contributed by atoms with Gasteiger partial charge in [-0.05, 0) is 31.5 Å². The summed E-state index contributed by atoms with van der Waals surface area (Å²) in [7, 11) is 0. The van der Waals surface area contributed by atoms with E-state index >= 15 is 0 Å². The number of anilines is 1. The zero-order valence-electron chi connectivity index (χ0n) is 11.6. The van der Waals surface area contributed by atoms with Crippen molar-refractivity contribution in [1.82, 2.24) is 4.90 Å². The first-order valence-electron chi connectivity index (χ1n) is 6.57. The summed E-state index contributed by atoms with van der Waals surface area (Å²) in [6, 6.07) is 4.40. The van der Waals surface area contributed by atoms with Gasteiger partial charge in [0, 0.05) is 23.2 Å². The van der Waals surface area contributed by atoms with E-state index in [1.165, 1.54) is 12.1 Å². The fraction of sp³-hybridized carbons (Fsp3) is 0.429. The van der Waals surface area contributed by atoms with Gasteiger partial charge in [0.2, 0.25) is 0 Å². The van der Waals surface area contributed by atoms with Crippen LogP contribution in [0.25, 0.3) is 0 Å². The van der Waals surface area contributed by atoms with E-state index < -0.39 is 5.97 Å². The van der Waals surface area contributed by atoms with Crippen LogP contribution in [0.1, 0.15) is 37.0 Å². The molecule has 1 aromatic carbocycles. The molecule has 5 nitrogen and oxygen atoms in total. The summed E-state index contributed by atoms with van der Waals surface area (Å²) in [5.74, 6) is -1.03. The van der Waals surface area contributed by atoms with Crippen LogP contribution in [0.3, 0.4) is 0 Å². The van der Waals surface area contributed by atoms with Gasteiger partial charge in [-0.15, -0.1) is 0 Å². The summed E-state index contributed by atoms with van der Waals surface area (Å²) in [4.78, 5) is 24.8. The van der Waals surface area contributed by atoms with Gasteiger partial charge in [-0.3, -0.25) is 0 Å². The van der Waals surface area contributed by atoms with Crippen LogP contribution in [0.4, 0.5) is 10.5 Å². The Balaban J connectivity index is 2.81. The van der Waals surface area contributed by atoms with Gasteiger partial charge in [0.25, 0.3) is 0 Å². The van der Waals surface area contributed by atoms with Crippen molar-refractivity contribution in [3.05, 3.63) is 28.2 Å². The number of rotatable bonds is 6. The van der Waals surface area contributed by atoms with E-state index in [0.717, 1.165) is 12.8 Å². The number of nitrogens with zero attached hydrogens (tertiary/aromatic N) is 1. The summed E-state index contributed by atoms with van der Waals surface area (Å²) in [5.41, 5.74) is 0.600. The minimum atomic E-state index is -1.03. The highest BCUT2D eigenvalue weighted by atomic mass is 79.9. The fourth-order valence-corrected chi connectivity index (χ4v) is 2.23. The standard InChI is InChI=1S/C14H19BrN2O3/c1-3-5-6-17(4-2)14(20)16-12-8-10(13(18)19)7-11(15)9-12/h7-9H,3-6H2,1-2H3,(H,16,20)(H,18,19). The summed E-state index contributed by atoms with van der Waals surface area (Å²) >= 11 is 3.24. The molecule has 0 spiro atoms. The van der Waals surface area contributed by atoms with Crippen molar-refractivity contribution in [3.63, 3.8) is 0 Å². The number of carboxylic acid groups (broad SMARTS) is 1. The molecular weight excluding hydrogens is 324 g/mol. The molecule has 2 amide bonds. The van der Waals surface area contributed by atoms with Gasteiger partial charge in [0.1, 0.15) is 0 Å². The summed E-state index contributed by atoms with van der Waals surface area (Å²) in [6.45, 7) is 5.29. The summed E-state index contributed by atoms with van der Waals surface area (Å²) in [5, 5.41) is 11.7. The second-order valence-electron chi connectivity index (χ2n) is 4.40. The van der Waals surface area contributed by atoms with Gasteiger partial charge in [-0.1, -0.05) is 29.3 Å². The number of hydrogen-bond acceptors (Lipinski definition) is 2. The van der Waals surface area contributed by atoms with E-state index in [0.29, 0.717) is 23.2 Å². The van der Waals surface area contributed by atoms with Crippen LogP contribution in [0, 0.1) is 0 Å². The lowest BCUT2D eigenvalue weighted by Crippen LogP contribution is -2.35. The van der Waals surface area contributed by atoms with E-state index in [1.54, 1.807) is 11.0 Å². The number of nitrogens with one attached hydrogen (secondary N) is 1. The predicted molar refractivity (Wildman–Crippen MR) is 82.3 cm³/mol. The highest BCUT2D eigenvalue weighted by Gasteiger charge is 2.13. The SMILES string of the molecule is CCCCN(CC)C(=O)Nc1cc(Br)cc(C(=O)O)c1. The molecule has 20 heavy (non-hydrogen) atoms. The topological polar surface area (TPSA) is 69.6 Å². The Morgan fingerprint density at radius 1 is 1.30 bits per heavy atom. The lowest BCUT2D eigenvalue weighted by Gasteiger charge is -2.21. The molecule has 1 aromatic rings. The Labute approximate surface area is 127 Å². The molecule has 0 heterocycles. The fourth-order valence-electron chi connectivity index (χ4n) is 1.74. The van der Waals surface area contributed by atoms with Gasteiger partial charge in [0.15, 0.2) is 0 Å². The summed E-state index contributed by atoms with van der Waals surface area (Å²) in [6.07, 6.45) is 1.96. The molecule has 0 fully saturated rings. The number of carboxylic acids is 1.